The average Bonchev–Trinajstić information content (AvgIpc) is 3.40. The first-order chi connectivity index (χ1) is 9.73. The van der Waals surface area contributed by atoms with E-state index in [1.165, 1.54) is 44.3 Å². The van der Waals surface area contributed by atoms with Gasteiger partial charge in [-0.15, -0.1) is 10.2 Å². The Labute approximate surface area is 131 Å². The fourth-order valence-corrected chi connectivity index (χ4v) is 4.76. The van der Waals surface area contributed by atoms with E-state index < -0.39 is 0 Å². The van der Waals surface area contributed by atoms with E-state index in [0.717, 1.165) is 16.7 Å². The monoisotopic (exact) mass is 311 g/mol. The first-order valence-corrected chi connectivity index (χ1v) is 9.53. The Kier molecular flexibility index (Phi) is 4.37. The number of nitrogens with zero attached hydrogens (tertiary/aromatic N) is 3. The summed E-state index contributed by atoms with van der Waals surface area (Å²) in [5.74, 6) is 4.03. The molecule has 3 rings (SSSR count). The minimum Gasteiger partial charge on any atom is -0.303 e. The summed E-state index contributed by atoms with van der Waals surface area (Å²) in [6, 6.07) is 0.691. The molecule has 0 bridgehead atoms. The molecule has 1 aromatic rings. The summed E-state index contributed by atoms with van der Waals surface area (Å²) < 4.78 is 2.46. The molecule has 2 aliphatic rings. The second-order valence-corrected chi connectivity index (χ2v) is 7.63. The Morgan fingerprint density at radius 3 is 2.40 bits per heavy atom. The highest BCUT2D eigenvalue weighted by molar-refractivity contribution is 7.99. The summed E-state index contributed by atoms with van der Waals surface area (Å²) in [6.45, 7) is 4.56. The third kappa shape index (κ3) is 2.89. The molecule has 2 fully saturated rings. The van der Waals surface area contributed by atoms with Crippen molar-refractivity contribution in [1.82, 2.24) is 14.8 Å². The second kappa shape index (κ2) is 5.91. The summed E-state index contributed by atoms with van der Waals surface area (Å²) >= 11 is 6.48. The maximum Gasteiger partial charge on any atom is 0.191 e. The molecule has 1 aromatic heterocycles. The average molecular weight is 312 g/mol. The lowest BCUT2D eigenvalue weighted by Gasteiger charge is -2.29. The van der Waals surface area contributed by atoms with Crippen molar-refractivity contribution in [3.63, 3.8) is 0 Å². The van der Waals surface area contributed by atoms with E-state index >= 15 is 0 Å². The van der Waals surface area contributed by atoms with Gasteiger partial charge in [-0.25, -0.2) is 0 Å². The summed E-state index contributed by atoms with van der Waals surface area (Å²) in [5.41, 5.74) is 0.341. The lowest BCUT2D eigenvalue weighted by atomic mass is 9.87. The largest absolute Gasteiger partial charge is 0.303 e. The van der Waals surface area contributed by atoms with Crippen LogP contribution in [0.25, 0.3) is 0 Å². The van der Waals surface area contributed by atoms with Crippen molar-refractivity contribution < 1.29 is 0 Å². The smallest absolute Gasteiger partial charge is 0.191 e. The van der Waals surface area contributed by atoms with Crippen molar-refractivity contribution in [2.24, 2.45) is 5.41 Å². The molecule has 0 aromatic carbocycles. The number of hydrogen-bond acceptors (Lipinski definition) is 4. The normalized spacial score (nSPS) is 19.6. The lowest BCUT2D eigenvalue weighted by molar-refractivity contribution is 0.357. The zero-order valence-corrected chi connectivity index (χ0v) is 14.2. The van der Waals surface area contributed by atoms with E-state index in [9.17, 15) is 0 Å². The highest BCUT2D eigenvalue weighted by Crippen LogP contribution is 2.46. The van der Waals surface area contributed by atoms with Crippen LogP contribution in [0.1, 0.15) is 70.2 Å². The Morgan fingerprint density at radius 2 is 1.90 bits per heavy atom. The standard InChI is InChI=1S/C15H25N3S2/c1-3-15(4-2,9-19)10-20-14-17-16-13(11-5-6-11)18(14)12-7-8-12/h11-12,19H,3-10H2,1-2H3. The predicted molar refractivity (Wildman–Crippen MR) is 87.9 cm³/mol. The molecule has 5 heteroatoms. The zero-order valence-electron chi connectivity index (χ0n) is 12.5. The van der Waals surface area contributed by atoms with Crippen molar-refractivity contribution in [1.29, 1.82) is 0 Å². The Balaban J connectivity index is 1.74. The SMILES string of the molecule is CCC(CC)(CS)CSc1nnc(C2CC2)n1C1CC1. The molecule has 20 heavy (non-hydrogen) atoms. The highest BCUT2D eigenvalue weighted by Gasteiger charge is 2.37. The van der Waals surface area contributed by atoms with Gasteiger partial charge in [0, 0.05) is 17.7 Å². The van der Waals surface area contributed by atoms with Gasteiger partial charge in [0.1, 0.15) is 5.82 Å². The molecule has 2 saturated carbocycles. The third-order valence-corrected chi connectivity index (χ3v) is 6.85. The minimum absolute atomic E-state index is 0.341. The molecule has 0 unspecified atom stereocenters. The maximum absolute atomic E-state index is 4.58. The second-order valence-electron chi connectivity index (χ2n) is 6.37. The summed E-state index contributed by atoms with van der Waals surface area (Å²) in [6.07, 6.45) is 7.61. The fourth-order valence-electron chi connectivity index (χ4n) is 2.62. The van der Waals surface area contributed by atoms with E-state index in [1.807, 2.05) is 11.8 Å². The van der Waals surface area contributed by atoms with Crippen LogP contribution in [0, 0.1) is 5.41 Å². The first-order valence-electron chi connectivity index (χ1n) is 7.91. The number of aromatic nitrogens is 3. The fraction of sp³-hybridized carbons (Fsp3) is 0.867. The van der Waals surface area contributed by atoms with Crippen LogP contribution < -0.4 is 0 Å². The van der Waals surface area contributed by atoms with Gasteiger partial charge in [-0.1, -0.05) is 25.6 Å². The summed E-state index contributed by atoms with van der Waals surface area (Å²) in [4.78, 5) is 0. The van der Waals surface area contributed by atoms with Crippen LogP contribution in [0.15, 0.2) is 5.16 Å². The van der Waals surface area contributed by atoms with Crippen LogP contribution in [0.5, 0.6) is 0 Å². The molecule has 1 heterocycles. The number of thioether (sulfide) groups is 1. The van der Waals surface area contributed by atoms with Crippen LogP contribution >= 0.6 is 24.4 Å². The summed E-state index contributed by atoms with van der Waals surface area (Å²) in [5, 5.41) is 10.1. The summed E-state index contributed by atoms with van der Waals surface area (Å²) in [7, 11) is 0. The molecule has 0 atom stereocenters. The van der Waals surface area contributed by atoms with Crippen molar-refractivity contribution in [3.8, 4) is 0 Å². The van der Waals surface area contributed by atoms with Crippen molar-refractivity contribution in [2.45, 2.75) is 69.5 Å². The first kappa shape index (κ1) is 14.8. The van der Waals surface area contributed by atoms with Gasteiger partial charge in [0.05, 0.1) is 0 Å². The zero-order chi connectivity index (χ0) is 14.2. The van der Waals surface area contributed by atoms with Crippen LogP contribution in [0.2, 0.25) is 0 Å². The van der Waals surface area contributed by atoms with Crippen LogP contribution in [0.4, 0.5) is 0 Å². The maximum atomic E-state index is 4.58. The van der Waals surface area contributed by atoms with Gasteiger partial charge in [0.2, 0.25) is 0 Å². The molecular formula is C15H25N3S2. The molecule has 3 nitrogen and oxygen atoms in total. The number of hydrogen-bond donors (Lipinski definition) is 1. The van der Waals surface area contributed by atoms with E-state index in [2.05, 4.69) is 41.2 Å². The number of rotatable bonds is 8. The Hall–Kier alpha value is -0.160. The quantitative estimate of drug-likeness (QED) is 0.573. The van der Waals surface area contributed by atoms with Crippen molar-refractivity contribution in [3.05, 3.63) is 5.82 Å². The molecule has 0 spiro atoms. The van der Waals surface area contributed by atoms with Gasteiger partial charge in [-0.3, -0.25) is 0 Å². The Bertz CT molecular complexity index is 451. The van der Waals surface area contributed by atoms with Gasteiger partial charge in [0.25, 0.3) is 0 Å². The van der Waals surface area contributed by atoms with Crippen molar-refractivity contribution >= 4 is 24.4 Å². The van der Waals surface area contributed by atoms with Crippen LogP contribution in [-0.4, -0.2) is 26.3 Å². The number of thiol groups is 1. The predicted octanol–water partition coefficient (Wildman–Crippen LogP) is 4.32. The lowest BCUT2D eigenvalue weighted by Crippen LogP contribution is -2.24. The third-order valence-electron chi connectivity index (χ3n) is 4.89. The van der Waals surface area contributed by atoms with E-state index in [-0.39, 0.29) is 0 Å². The van der Waals surface area contributed by atoms with E-state index in [1.54, 1.807) is 0 Å². The van der Waals surface area contributed by atoms with Crippen molar-refractivity contribution in [2.75, 3.05) is 11.5 Å². The molecule has 112 valence electrons. The van der Waals surface area contributed by atoms with Gasteiger partial charge in [-0.05, 0) is 49.7 Å². The van der Waals surface area contributed by atoms with Gasteiger partial charge in [0.15, 0.2) is 5.16 Å². The molecule has 0 saturated heterocycles. The van der Waals surface area contributed by atoms with E-state index in [0.29, 0.717) is 17.4 Å². The van der Waals surface area contributed by atoms with Crippen LogP contribution in [-0.2, 0) is 0 Å². The van der Waals surface area contributed by atoms with Gasteiger partial charge < -0.3 is 4.57 Å². The molecule has 0 radical (unpaired) electrons. The molecule has 0 N–H and O–H groups in total. The minimum atomic E-state index is 0.341. The molecule has 0 aliphatic heterocycles. The van der Waals surface area contributed by atoms with Gasteiger partial charge >= 0.3 is 0 Å². The van der Waals surface area contributed by atoms with Crippen LogP contribution in [0.3, 0.4) is 0 Å². The molecule has 2 aliphatic carbocycles. The molecule has 0 amide bonds. The Morgan fingerprint density at radius 1 is 1.20 bits per heavy atom. The van der Waals surface area contributed by atoms with E-state index in [4.69, 9.17) is 0 Å². The highest BCUT2D eigenvalue weighted by atomic mass is 32.2. The van der Waals surface area contributed by atoms with Gasteiger partial charge in [-0.2, -0.15) is 12.6 Å². The molecular weight excluding hydrogens is 286 g/mol. The topological polar surface area (TPSA) is 30.7 Å².